The lowest BCUT2D eigenvalue weighted by atomic mass is 10.1. The Morgan fingerprint density at radius 1 is 1.14 bits per heavy atom. The molecule has 1 N–H and O–H groups in total. The topological polar surface area (TPSA) is 80.5 Å². The summed E-state index contributed by atoms with van der Waals surface area (Å²) < 4.78 is 34.1. The molecule has 0 bridgehead atoms. The zero-order valence-electron chi connectivity index (χ0n) is 15.0. The Balaban J connectivity index is 1.84. The lowest BCUT2D eigenvalue weighted by Crippen LogP contribution is -2.36. The number of nitrogens with one attached hydrogen (secondary N) is 1. The number of ether oxygens (including phenoxy) is 1. The Labute approximate surface area is 172 Å². The van der Waals surface area contributed by atoms with Gasteiger partial charge in [0.25, 0.3) is 0 Å². The quantitative estimate of drug-likeness (QED) is 0.442. The molecule has 0 unspecified atom stereocenters. The van der Waals surface area contributed by atoms with Crippen molar-refractivity contribution in [2.75, 3.05) is 36.5 Å². The molecule has 1 saturated heterocycles. The Kier molecular flexibility index (Phi) is 5.29. The Morgan fingerprint density at radius 2 is 1.86 bits per heavy atom. The van der Waals surface area contributed by atoms with Crippen LogP contribution in [-0.2, 0) is 4.74 Å². The van der Waals surface area contributed by atoms with Crippen LogP contribution in [0, 0.1) is 21.7 Å². The molecule has 10 heteroatoms. The van der Waals surface area contributed by atoms with E-state index >= 15 is 0 Å². The summed E-state index contributed by atoms with van der Waals surface area (Å²) in [5, 5.41) is 14.5. The van der Waals surface area contributed by atoms with Gasteiger partial charge in [0.15, 0.2) is 0 Å². The van der Waals surface area contributed by atoms with Gasteiger partial charge in [0, 0.05) is 25.0 Å². The monoisotopic (exact) mass is 464 g/mol. The fraction of sp³-hybridized carbons (Fsp3) is 0.211. The van der Waals surface area contributed by atoms with Crippen LogP contribution in [0.5, 0.6) is 0 Å². The normalized spacial score (nSPS) is 14.2. The van der Waals surface area contributed by atoms with Gasteiger partial charge in [-0.3, -0.25) is 15.1 Å². The van der Waals surface area contributed by atoms with E-state index in [4.69, 9.17) is 4.74 Å². The van der Waals surface area contributed by atoms with Gasteiger partial charge in [0.1, 0.15) is 22.8 Å². The van der Waals surface area contributed by atoms with E-state index in [0.29, 0.717) is 26.3 Å². The number of pyridine rings is 1. The maximum atomic E-state index is 14.4. The van der Waals surface area contributed by atoms with Crippen LogP contribution in [0.4, 0.5) is 31.5 Å². The van der Waals surface area contributed by atoms with Crippen LogP contribution in [0.15, 0.2) is 41.0 Å². The average Bonchev–Trinajstić information content (AvgIpc) is 2.71. The summed E-state index contributed by atoms with van der Waals surface area (Å²) in [7, 11) is 0. The average molecular weight is 465 g/mol. The molecule has 1 aliphatic heterocycles. The lowest BCUT2D eigenvalue weighted by molar-refractivity contribution is -0.384. The molecule has 0 aliphatic carbocycles. The lowest BCUT2D eigenvalue weighted by Gasteiger charge is -2.29. The van der Waals surface area contributed by atoms with E-state index in [1.165, 1.54) is 12.3 Å². The van der Waals surface area contributed by atoms with E-state index in [1.54, 1.807) is 12.1 Å². The summed E-state index contributed by atoms with van der Waals surface area (Å²) in [5.41, 5.74) is 0.728. The highest BCUT2D eigenvalue weighted by Gasteiger charge is 2.24. The zero-order chi connectivity index (χ0) is 20.5. The molecule has 1 aromatic heterocycles. The second-order valence-electron chi connectivity index (χ2n) is 6.42. The first-order chi connectivity index (χ1) is 14.0. The SMILES string of the molecule is O=[N+]([O-])c1c(Br)cc(N2CCOCC2)cc1Nc1ccnc2c(F)ccc(F)c12. The van der Waals surface area contributed by atoms with Crippen molar-refractivity contribution < 1.29 is 18.4 Å². The van der Waals surface area contributed by atoms with Crippen LogP contribution < -0.4 is 10.2 Å². The van der Waals surface area contributed by atoms with Crippen molar-refractivity contribution in [3.05, 3.63) is 62.8 Å². The molecule has 4 rings (SSSR count). The van der Waals surface area contributed by atoms with Crippen molar-refractivity contribution in [1.29, 1.82) is 0 Å². The van der Waals surface area contributed by atoms with Crippen LogP contribution in [0.25, 0.3) is 10.9 Å². The molecule has 150 valence electrons. The molecular formula is C19H15BrF2N4O3. The number of hydrogen-bond donors (Lipinski definition) is 1. The van der Waals surface area contributed by atoms with Gasteiger partial charge in [-0.25, -0.2) is 8.78 Å². The first-order valence-electron chi connectivity index (χ1n) is 8.76. The molecule has 0 amide bonds. The molecule has 1 aliphatic rings. The Hall–Kier alpha value is -2.85. The third-order valence-corrected chi connectivity index (χ3v) is 5.27. The van der Waals surface area contributed by atoms with Crippen LogP contribution in [0.3, 0.4) is 0 Å². The molecule has 2 aromatic carbocycles. The minimum atomic E-state index is -0.678. The van der Waals surface area contributed by atoms with Gasteiger partial charge in [-0.15, -0.1) is 0 Å². The molecule has 29 heavy (non-hydrogen) atoms. The highest BCUT2D eigenvalue weighted by Crippen LogP contribution is 2.40. The molecule has 7 nitrogen and oxygen atoms in total. The smallest absolute Gasteiger partial charge is 0.306 e. The molecule has 0 saturated carbocycles. The van der Waals surface area contributed by atoms with Gasteiger partial charge in [-0.05, 0) is 46.3 Å². The van der Waals surface area contributed by atoms with Gasteiger partial charge in [0.05, 0.1) is 33.7 Å². The van der Waals surface area contributed by atoms with Crippen molar-refractivity contribution in [1.82, 2.24) is 4.98 Å². The number of benzene rings is 2. The number of morpholine rings is 1. The van der Waals surface area contributed by atoms with E-state index in [9.17, 15) is 18.9 Å². The van der Waals surface area contributed by atoms with E-state index in [0.717, 1.165) is 17.8 Å². The van der Waals surface area contributed by atoms with Gasteiger partial charge < -0.3 is 15.0 Å². The number of hydrogen-bond acceptors (Lipinski definition) is 6. The minimum Gasteiger partial charge on any atom is -0.378 e. The van der Waals surface area contributed by atoms with Gasteiger partial charge >= 0.3 is 5.69 Å². The molecule has 0 spiro atoms. The number of anilines is 3. The number of fused-ring (bicyclic) bond motifs is 1. The third kappa shape index (κ3) is 3.73. The van der Waals surface area contributed by atoms with Crippen molar-refractivity contribution in [3.8, 4) is 0 Å². The summed E-state index contributed by atoms with van der Waals surface area (Å²) in [4.78, 5) is 17.1. The van der Waals surface area contributed by atoms with Gasteiger partial charge in [-0.1, -0.05) is 0 Å². The summed E-state index contributed by atoms with van der Waals surface area (Å²) in [6.45, 7) is 2.39. The van der Waals surface area contributed by atoms with Crippen LogP contribution in [-0.4, -0.2) is 36.2 Å². The number of nitro benzene ring substituents is 1. The van der Waals surface area contributed by atoms with Crippen molar-refractivity contribution in [2.24, 2.45) is 0 Å². The molecule has 0 atom stereocenters. The molecule has 0 radical (unpaired) electrons. The van der Waals surface area contributed by atoms with Gasteiger partial charge in [0.2, 0.25) is 0 Å². The van der Waals surface area contributed by atoms with Crippen molar-refractivity contribution >= 4 is 49.6 Å². The van der Waals surface area contributed by atoms with Crippen LogP contribution in [0.2, 0.25) is 0 Å². The van der Waals surface area contributed by atoms with Crippen LogP contribution in [0.1, 0.15) is 0 Å². The fourth-order valence-corrected chi connectivity index (χ4v) is 3.91. The highest BCUT2D eigenvalue weighted by molar-refractivity contribution is 9.10. The standard InChI is InChI=1S/C19H15BrF2N4O3/c20-12-9-11(25-5-7-29-8-6-25)10-16(19(12)26(27)28)24-15-3-4-23-18-14(22)2-1-13(21)17(15)18/h1-4,9-10H,5-8H2,(H,23,24). The number of aromatic nitrogens is 1. The molecular weight excluding hydrogens is 450 g/mol. The highest BCUT2D eigenvalue weighted by atomic mass is 79.9. The first-order valence-corrected chi connectivity index (χ1v) is 9.55. The summed E-state index contributed by atoms with van der Waals surface area (Å²) in [5.74, 6) is -1.36. The summed E-state index contributed by atoms with van der Waals surface area (Å²) >= 11 is 3.27. The molecule has 1 fully saturated rings. The van der Waals surface area contributed by atoms with Crippen LogP contribution >= 0.6 is 15.9 Å². The van der Waals surface area contributed by atoms with E-state index < -0.39 is 16.6 Å². The van der Waals surface area contributed by atoms with E-state index in [1.807, 2.05) is 4.90 Å². The largest absolute Gasteiger partial charge is 0.378 e. The van der Waals surface area contributed by atoms with Crippen molar-refractivity contribution in [3.63, 3.8) is 0 Å². The minimum absolute atomic E-state index is 0.0744. The Morgan fingerprint density at radius 3 is 2.59 bits per heavy atom. The second kappa shape index (κ2) is 7.88. The molecule has 2 heterocycles. The zero-order valence-corrected chi connectivity index (χ0v) is 16.6. The van der Waals surface area contributed by atoms with Gasteiger partial charge in [-0.2, -0.15) is 0 Å². The predicted molar refractivity (Wildman–Crippen MR) is 109 cm³/mol. The predicted octanol–water partition coefficient (Wildman–Crippen LogP) is 4.76. The molecule has 3 aromatic rings. The van der Waals surface area contributed by atoms with Crippen molar-refractivity contribution in [2.45, 2.75) is 0 Å². The Bertz CT molecular complexity index is 1110. The summed E-state index contributed by atoms with van der Waals surface area (Å²) in [6.07, 6.45) is 1.32. The van der Waals surface area contributed by atoms with E-state index in [-0.39, 0.29) is 32.4 Å². The number of nitro groups is 1. The number of nitrogens with zero attached hydrogens (tertiary/aromatic N) is 3. The third-order valence-electron chi connectivity index (χ3n) is 4.67. The maximum Gasteiger partial charge on any atom is 0.306 e. The number of halogens is 3. The second-order valence-corrected chi connectivity index (χ2v) is 7.27. The summed E-state index contributed by atoms with van der Waals surface area (Å²) in [6, 6.07) is 6.73. The number of rotatable bonds is 4. The fourth-order valence-electron chi connectivity index (χ4n) is 3.31. The first kappa shape index (κ1) is 19.5. The maximum absolute atomic E-state index is 14.4. The van der Waals surface area contributed by atoms with E-state index in [2.05, 4.69) is 26.2 Å².